The standard InChI is InChI=1S/C11H16FNO3S/c1-3-17(15,16)13-8-11(2,14)9-4-6-10(12)7-5-9/h4-7,13-14H,3,8H2,1-2H3. The van der Waals surface area contributed by atoms with Gasteiger partial charge < -0.3 is 5.11 Å². The van der Waals surface area contributed by atoms with Gasteiger partial charge in [0.15, 0.2) is 0 Å². The zero-order chi connectivity index (χ0) is 13.1. The molecular formula is C11H16FNO3S. The van der Waals surface area contributed by atoms with Gasteiger partial charge in [-0.15, -0.1) is 0 Å². The van der Waals surface area contributed by atoms with Crippen molar-refractivity contribution >= 4 is 10.0 Å². The summed E-state index contributed by atoms with van der Waals surface area (Å²) in [5.41, 5.74) is -0.909. The van der Waals surface area contributed by atoms with Crippen molar-refractivity contribution in [3.05, 3.63) is 35.6 Å². The molecule has 17 heavy (non-hydrogen) atoms. The summed E-state index contributed by atoms with van der Waals surface area (Å²) in [6, 6.07) is 5.29. The first-order valence-electron chi connectivity index (χ1n) is 5.22. The van der Waals surface area contributed by atoms with Crippen LogP contribution in [0.4, 0.5) is 4.39 Å². The summed E-state index contributed by atoms with van der Waals surface area (Å²) in [5, 5.41) is 10.1. The predicted molar refractivity (Wildman–Crippen MR) is 63.4 cm³/mol. The zero-order valence-electron chi connectivity index (χ0n) is 9.77. The Bertz CT molecular complexity index is 468. The van der Waals surface area contributed by atoms with Crippen LogP contribution < -0.4 is 4.72 Å². The smallest absolute Gasteiger partial charge is 0.211 e. The number of halogens is 1. The molecule has 0 spiro atoms. The Balaban J connectivity index is 2.78. The van der Waals surface area contributed by atoms with Gasteiger partial charge in [-0.2, -0.15) is 0 Å². The third-order valence-electron chi connectivity index (χ3n) is 2.48. The van der Waals surface area contributed by atoms with Gasteiger partial charge in [0, 0.05) is 6.54 Å². The van der Waals surface area contributed by atoms with Crippen molar-refractivity contribution in [3.63, 3.8) is 0 Å². The summed E-state index contributed by atoms with van der Waals surface area (Å²) in [6.07, 6.45) is 0. The van der Waals surface area contributed by atoms with Crippen LogP contribution in [-0.2, 0) is 15.6 Å². The number of hydrogen-bond acceptors (Lipinski definition) is 3. The molecule has 1 rings (SSSR count). The molecule has 1 atom stereocenters. The fraction of sp³-hybridized carbons (Fsp3) is 0.455. The van der Waals surface area contributed by atoms with Crippen molar-refractivity contribution in [2.24, 2.45) is 0 Å². The summed E-state index contributed by atoms with van der Waals surface area (Å²) < 4.78 is 37.5. The molecule has 0 bridgehead atoms. The first-order chi connectivity index (χ1) is 7.77. The third kappa shape index (κ3) is 4.07. The maximum atomic E-state index is 12.7. The van der Waals surface area contributed by atoms with Crippen molar-refractivity contribution in [2.75, 3.05) is 12.3 Å². The number of sulfonamides is 1. The van der Waals surface area contributed by atoms with E-state index in [0.717, 1.165) is 0 Å². The van der Waals surface area contributed by atoms with Crippen molar-refractivity contribution < 1.29 is 17.9 Å². The SMILES string of the molecule is CCS(=O)(=O)NCC(C)(O)c1ccc(F)cc1. The molecule has 0 radical (unpaired) electrons. The molecule has 1 aromatic carbocycles. The molecule has 6 heteroatoms. The molecule has 4 nitrogen and oxygen atoms in total. The van der Waals surface area contributed by atoms with Gasteiger partial charge in [0.1, 0.15) is 11.4 Å². The van der Waals surface area contributed by atoms with Crippen LogP contribution in [-0.4, -0.2) is 25.8 Å². The van der Waals surface area contributed by atoms with Crippen molar-refractivity contribution in [1.29, 1.82) is 0 Å². The molecule has 1 unspecified atom stereocenters. The molecule has 0 heterocycles. The maximum absolute atomic E-state index is 12.7. The number of nitrogens with one attached hydrogen (secondary N) is 1. The molecule has 0 aliphatic rings. The second kappa shape index (κ2) is 5.12. The monoisotopic (exact) mass is 261 g/mol. The predicted octanol–water partition coefficient (Wildman–Crippen LogP) is 0.972. The van der Waals surface area contributed by atoms with Gasteiger partial charge in [-0.3, -0.25) is 0 Å². The van der Waals surface area contributed by atoms with E-state index in [1.165, 1.54) is 38.1 Å². The Morgan fingerprint density at radius 2 is 1.88 bits per heavy atom. The molecule has 0 amide bonds. The highest BCUT2D eigenvalue weighted by Crippen LogP contribution is 2.20. The van der Waals surface area contributed by atoms with Crippen LogP contribution in [0.1, 0.15) is 19.4 Å². The van der Waals surface area contributed by atoms with Crippen LogP contribution in [0.3, 0.4) is 0 Å². The van der Waals surface area contributed by atoms with E-state index in [0.29, 0.717) is 5.56 Å². The fourth-order valence-corrected chi connectivity index (χ4v) is 1.97. The topological polar surface area (TPSA) is 66.4 Å². The van der Waals surface area contributed by atoms with Gasteiger partial charge in [-0.1, -0.05) is 12.1 Å². The van der Waals surface area contributed by atoms with Crippen molar-refractivity contribution in [1.82, 2.24) is 4.72 Å². The molecule has 0 saturated carbocycles. The highest BCUT2D eigenvalue weighted by Gasteiger charge is 2.24. The Hall–Kier alpha value is -0.980. The van der Waals surface area contributed by atoms with E-state index < -0.39 is 21.4 Å². The minimum absolute atomic E-state index is 0.0491. The van der Waals surface area contributed by atoms with E-state index in [2.05, 4.69) is 4.72 Å². The summed E-state index contributed by atoms with van der Waals surface area (Å²) >= 11 is 0. The van der Waals surface area contributed by atoms with Crippen LogP contribution in [0, 0.1) is 5.82 Å². The summed E-state index contributed by atoms with van der Waals surface area (Å²) in [6.45, 7) is 2.84. The lowest BCUT2D eigenvalue weighted by molar-refractivity contribution is 0.0627. The van der Waals surface area contributed by atoms with E-state index in [1.807, 2.05) is 0 Å². The van der Waals surface area contributed by atoms with Gasteiger partial charge in [0.25, 0.3) is 0 Å². The van der Waals surface area contributed by atoms with E-state index in [4.69, 9.17) is 0 Å². The fourth-order valence-electron chi connectivity index (χ4n) is 1.26. The molecule has 0 aliphatic heterocycles. The van der Waals surface area contributed by atoms with E-state index in [9.17, 15) is 17.9 Å². The average Bonchev–Trinajstić information content (AvgIpc) is 2.27. The summed E-state index contributed by atoms with van der Waals surface area (Å²) in [7, 11) is -3.35. The quantitative estimate of drug-likeness (QED) is 0.830. The summed E-state index contributed by atoms with van der Waals surface area (Å²) in [5.74, 6) is -0.453. The van der Waals surface area contributed by atoms with Crippen LogP contribution in [0.2, 0.25) is 0 Å². The lowest BCUT2D eigenvalue weighted by Gasteiger charge is -2.24. The maximum Gasteiger partial charge on any atom is 0.211 e. The number of aliphatic hydroxyl groups is 1. The summed E-state index contributed by atoms with van der Waals surface area (Å²) in [4.78, 5) is 0. The van der Waals surface area contributed by atoms with Crippen LogP contribution in [0.15, 0.2) is 24.3 Å². The first-order valence-corrected chi connectivity index (χ1v) is 6.88. The molecule has 2 N–H and O–H groups in total. The van der Waals surface area contributed by atoms with Gasteiger partial charge in [0.2, 0.25) is 10.0 Å². The largest absolute Gasteiger partial charge is 0.384 e. The van der Waals surface area contributed by atoms with Gasteiger partial charge in [0.05, 0.1) is 5.75 Å². The van der Waals surface area contributed by atoms with E-state index >= 15 is 0 Å². The molecule has 1 aromatic rings. The Morgan fingerprint density at radius 1 is 1.35 bits per heavy atom. The Labute approximate surface area is 101 Å². The number of rotatable bonds is 5. The molecule has 0 saturated heterocycles. The Morgan fingerprint density at radius 3 is 2.35 bits per heavy atom. The normalized spacial score (nSPS) is 15.5. The molecular weight excluding hydrogens is 245 g/mol. The highest BCUT2D eigenvalue weighted by atomic mass is 32.2. The van der Waals surface area contributed by atoms with Gasteiger partial charge >= 0.3 is 0 Å². The van der Waals surface area contributed by atoms with E-state index in [-0.39, 0.29) is 12.3 Å². The second-order valence-electron chi connectivity index (χ2n) is 4.01. The molecule has 0 aliphatic carbocycles. The van der Waals surface area contributed by atoms with Gasteiger partial charge in [-0.05, 0) is 31.5 Å². The average molecular weight is 261 g/mol. The zero-order valence-corrected chi connectivity index (χ0v) is 10.6. The second-order valence-corrected chi connectivity index (χ2v) is 6.10. The van der Waals surface area contributed by atoms with Crippen molar-refractivity contribution in [3.8, 4) is 0 Å². The minimum Gasteiger partial charge on any atom is -0.384 e. The number of hydrogen-bond donors (Lipinski definition) is 2. The van der Waals surface area contributed by atoms with Gasteiger partial charge in [-0.25, -0.2) is 17.5 Å². The van der Waals surface area contributed by atoms with Crippen LogP contribution in [0.5, 0.6) is 0 Å². The van der Waals surface area contributed by atoms with Crippen LogP contribution in [0.25, 0.3) is 0 Å². The minimum atomic E-state index is -3.35. The third-order valence-corrected chi connectivity index (χ3v) is 3.83. The lowest BCUT2D eigenvalue weighted by Crippen LogP contribution is -2.39. The lowest BCUT2D eigenvalue weighted by atomic mass is 9.96. The first kappa shape index (κ1) is 14.1. The highest BCUT2D eigenvalue weighted by molar-refractivity contribution is 7.89. The Kier molecular flexibility index (Phi) is 4.24. The van der Waals surface area contributed by atoms with E-state index in [1.54, 1.807) is 0 Å². The number of benzene rings is 1. The molecule has 0 aromatic heterocycles. The molecule has 96 valence electrons. The molecule has 0 fully saturated rings. The van der Waals surface area contributed by atoms with Crippen LogP contribution >= 0.6 is 0 Å². The van der Waals surface area contributed by atoms with Crippen molar-refractivity contribution in [2.45, 2.75) is 19.4 Å².